The van der Waals surface area contributed by atoms with Crippen molar-refractivity contribution in [2.45, 2.75) is 26.4 Å². The van der Waals surface area contributed by atoms with E-state index in [1.54, 1.807) is 12.4 Å². The highest BCUT2D eigenvalue weighted by atomic mass is 16.3. The van der Waals surface area contributed by atoms with Gasteiger partial charge in [0.15, 0.2) is 0 Å². The van der Waals surface area contributed by atoms with Crippen LogP contribution in [0, 0.1) is 6.92 Å². The van der Waals surface area contributed by atoms with Gasteiger partial charge in [-0.2, -0.15) is 0 Å². The number of urea groups is 1. The van der Waals surface area contributed by atoms with Gasteiger partial charge in [0.2, 0.25) is 0 Å². The van der Waals surface area contributed by atoms with Crippen LogP contribution >= 0.6 is 0 Å². The first-order valence-electron chi connectivity index (χ1n) is 6.15. The lowest BCUT2D eigenvalue weighted by Crippen LogP contribution is -2.36. The summed E-state index contributed by atoms with van der Waals surface area (Å²) in [6.07, 6.45) is 3.42. The van der Waals surface area contributed by atoms with E-state index in [0.29, 0.717) is 6.54 Å². The summed E-state index contributed by atoms with van der Waals surface area (Å²) in [6, 6.07) is 7.09. The van der Waals surface area contributed by atoms with E-state index in [0.717, 1.165) is 17.1 Å². The quantitative estimate of drug-likeness (QED) is 0.886. The predicted molar refractivity (Wildman–Crippen MR) is 71.5 cm³/mol. The number of aryl methyl sites for hydroxylation is 1. The lowest BCUT2D eigenvalue weighted by atomic mass is 10.2. The molecule has 2 heterocycles. The monoisotopic (exact) mass is 259 g/mol. The van der Waals surface area contributed by atoms with Gasteiger partial charge in [-0.05, 0) is 37.6 Å². The minimum absolute atomic E-state index is 0.164. The maximum atomic E-state index is 11.7. The van der Waals surface area contributed by atoms with Crippen LogP contribution in [0.3, 0.4) is 0 Å². The molecule has 0 spiro atoms. The molecule has 1 unspecified atom stereocenters. The van der Waals surface area contributed by atoms with Gasteiger partial charge in [0.05, 0.1) is 6.04 Å². The molecule has 0 aliphatic heterocycles. The number of hydrogen-bond acceptors (Lipinski definition) is 3. The van der Waals surface area contributed by atoms with E-state index in [1.807, 2.05) is 38.1 Å². The molecule has 2 aromatic rings. The molecule has 2 aromatic heterocycles. The number of rotatable bonds is 4. The zero-order chi connectivity index (χ0) is 13.7. The van der Waals surface area contributed by atoms with Crippen molar-refractivity contribution < 1.29 is 9.21 Å². The lowest BCUT2D eigenvalue weighted by Gasteiger charge is -2.12. The van der Waals surface area contributed by atoms with E-state index in [-0.39, 0.29) is 12.1 Å². The molecule has 0 radical (unpaired) electrons. The van der Waals surface area contributed by atoms with Crippen LogP contribution in [0.25, 0.3) is 0 Å². The number of aromatic nitrogens is 1. The van der Waals surface area contributed by atoms with Crippen LogP contribution in [-0.2, 0) is 6.54 Å². The van der Waals surface area contributed by atoms with Gasteiger partial charge in [-0.15, -0.1) is 0 Å². The topological polar surface area (TPSA) is 67.2 Å². The van der Waals surface area contributed by atoms with Crippen LogP contribution in [0.2, 0.25) is 0 Å². The van der Waals surface area contributed by atoms with Gasteiger partial charge in [-0.25, -0.2) is 4.79 Å². The number of amides is 2. The molecule has 2 rings (SSSR count). The Balaban J connectivity index is 1.81. The number of nitrogens with zero attached hydrogens (tertiary/aromatic N) is 1. The van der Waals surface area contributed by atoms with Crippen molar-refractivity contribution in [3.63, 3.8) is 0 Å². The molecule has 1 atom stereocenters. The summed E-state index contributed by atoms with van der Waals surface area (Å²) < 4.78 is 5.46. The maximum Gasteiger partial charge on any atom is 0.315 e. The van der Waals surface area contributed by atoms with E-state index in [9.17, 15) is 4.79 Å². The number of hydrogen-bond donors (Lipinski definition) is 2. The van der Waals surface area contributed by atoms with Gasteiger partial charge < -0.3 is 15.1 Å². The molecule has 0 saturated carbocycles. The molecule has 100 valence electrons. The SMILES string of the molecule is Cc1ccc(C(C)NC(=O)NCc2cccnc2)o1. The van der Waals surface area contributed by atoms with Gasteiger partial charge in [-0.1, -0.05) is 6.07 Å². The highest BCUT2D eigenvalue weighted by Crippen LogP contribution is 2.15. The summed E-state index contributed by atoms with van der Waals surface area (Å²) in [5.74, 6) is 1.58. The summed E-state index contributed by atoms with van der Waals surface area (Å²) in [5, 5.41) is 5.59. The van der Waals surface area contributed by atoms with Crippen molar-refractivity contribution in [3.8, 4) is 0 Å². The maximum absolute atomic E-state index is 11.7. The van der Waals surface area contributed by atoms with Gasteiger partial charge >= 0.3 is 6.03 Å². The molecule has 2 N–H and O–H groups in total. The molecule has 2 amide bonds. The Kier molecular flexibility index (Phi) is 4.18. The second-order valence-electron chi connectivity index (χ2n) is 4.36. The first kappa shape index (κ1) is 13.1. The van der Waals surface area contributed by atoms with Crippen molar-refractivity contribution in [2.75, 3.05) is 0 Å². The third-order valence-corrected chi connectivity index (χ3v) is 2.71. The summed E-state index contributed by atoms with van der Waals surface area (Å²) in [4.78, 5) is 15.7. The number of carbonyl (C=O) groups is 1. The van der Waals surface area contributed by atoms with Gasteiger partial charge in [-0.3, -0.25) is 4.98 Å². The Morgan fingerprint density at radius 2 is 2.26 bits per heavy atom. The van der Waals surface area contributed by atoms with E-state index in [4.69, 9.17) is 4.42 Å². The largest absolute Gasteiger partial charge is 0.464 e. The van der Waals surface area contributed by atoms with Crippen molar-refractivity contribution in [3.05, 3.63) is 53.7 Å². The molecular weight excluding hydrogens is 242 g/mol. The molecule has 0 aliphatic carbocycles. The fraction of sp³-hybridized carbons (Fsp3) is 0.286. The second-order valence-corrected chi connectivity index (χ2v) is 4.36. The number of furan rings is 1. The van der Waals surface area contributed by atoms with E-state index < -0.39 is 0 Å². The zero-order valence-electron chi connectivity index (χ0n) is 11.0. The molecule has 0 aromatic carbocycles. The second kappa shape index (κ2) is 6.04. The minimum Gasteiger partial charge on any atom is -0.464 e. The Hall–Kier alpha value is -2.30. The molecule has 5 heteroatoms. The Labute approximate surface area is 112 Å². The predicted octanol–water partition coefficient (Wildman–Crippen LogP) is 2.54. The van der Waals surface area contributed by atoms with E-state index >= 15 is 0 Å². The van der Waals surface area contributed by atoms with Crippen molar-refractivity contribution in [2.24, 2.45) is 0 Å². The average molecular weight is 259 g/mol. The normalized spacial score (nSPS) is 11.9. The molecule has 0 saturated heterocycles. The minimum atomic E-state index is -0.231. The zero-order valence-corrected chi connectivity index (χ0v) is 11.0. The van der Waals surface area contributed by atoms with Crippen LogP contribution in [0.1, 0.15) is 30.0 Å². The smallest absolute Gasteiger partial charge is 0.315 e. The number of nitrogens with one attached hydrogen (secondary N) is 2. The van der Waals surface area contributed by atoms with Gasteiger partial charge in [0.25, 0.3) is 0 Å². The summed E-state index contributed by atoms with van der Waals surface area (Å²) >= 11 is 0. The van der Waals surface area contributed by atoms with Crippen LogP contribution < -0.4 is 10.6 Å². The van der Waals surface area contributed by atoms with E-state index in [1.165, 1.54) is 0 Å². The van der Waals surface area contributed by atoms with Crippen LogP contribution in [-0.4, -0.2) is 11.0 Å². The van der Waals surface area contributed by atoms with Crippen molar-refractivity contribution in [1.82, 2.24) is 15.6 Å². The van der Waals surface area contributed by atoms with Crippen molar-refractivity contribution >= 4 is 6.03 Å². The Morgan fingerprint density at radius 1 is 1.42 bits per heavy atom. The lowest BCUT2D eigenvalue weighted by molar-refractivity contribution is 0.235. The molecule has 19 heavy (non-hydrogen) atoms. The fourth-order valence-corrected chi connectivity index (χ4v) is 1.69. The van der Waals surface area contributed by atoms with Crippen LogP contribution in [0.15, 0.2) is 41.1 Å². The highest BCUT2D eigenvalue weighted by Gasteiger charge is 2.12. The Bertz CT molecular complexity index is 537. The average Bonchev–Trinajstić information content (AvgIpc) is 2.84. The molecule has 0 aliphatic rings. The highest BCUT2D eigenvalue weighted by molar-refractivity contribution is 5.74. The Morgan fingerprint density at radius 3 is 2.89 bits per heavy atom. The first-order valence-corrected chi connectivity index (χ1v) is 6.15. The molecule has 0 fully saturated rings. The first-order chi connectivity index (χ1) is 9.15. The number of pyridine rings is 1. The van der Waals surface area contributed by atoms with Gasteiger partial charge in [0.1, 0.15) is 11.5 Å². The third kappa shape index (κ3) is 3.84. The van der Waals surface area contributed by atoms with Crippen LogP contribution in [0.5, 0.6) is 0 Å². The molecular formula is C14H17N3O2. The molecule has 0 bridgehead atoms. The van der Waals surface area contributed by atoms with Crippen LogP contribution in [0.4, 0.5) is 4.79 Å². The van der Waals surface area contributed by atoms with Gasteiger partial charge in [0, 0.05) is 18.9 Å². The summed E-state index contributed by atoms with van der Waals surface area (Å²) in [5.41, 5.74) is 0.958. The standard InChI is InChI=1S/C14H17N3O2/c1-10-5-6-13(19-10)11(2)17-14(18)16-9-12-4-3-7-15-8-12/h3-8,11H,9H2,1-2H3,(H2,16,17,18). The number of carbonyl (C=O) groups excluding carboxylic acids is 1. The van der Waals surface area contributed by atoms with Crippen molar-refractivity contribution in [1.29, 1.82) is 0 Å². The summed E-state index contributed by atoms with van der Waals surface area (Å²) in [6.45, 7) is 4.20. The molecule has 5 nitrogen and oxygen atoms in total. The summed E-state index contributed by atoms with van der Waals surface area (Å²) in [7, 11) is 0. The van der Waals surface area contributed by atoms with E-state index in [2.05, 4.69) is 15.6 Å². The fourth-order valence-electron chi connectivity index (χ4n) is 1.69. The third-order valence-electron chi connectivity index (χ3n) is 2.71.